The zero-order valence-electron chi connectivity index (χ0n) is 15.4. The normalized spacial score (nSPS) is 14.3. The Morgan fingerprint density at radius 1 is 1.16 bits per heavy atom. The average molecular weight is 363 g/mol. The second kappa shape index (κ2) is 14.1. The predicted molar refractivity (Wildman–Crippen MR) is 113 cm³/mol. The second-order valence-electron chi connectivity index (χ2n) is 6.12. The van der Waals surface area contributed by atoms with Crippen molar-refractivity contribution < 1.29 is 0 Å². The fourth-order valence-electron chi connectivity index (χ4n) is 2.64. The monoisotopic (exact) mass is 362 g/mol. The van der Waals surface area contributed by atoms with E-state index in [-0.39, 0.29) is 5.50 Å². The van der Waals surface area contributed by atoms with E-state index in [2.05, 4.69) is 72.4 Å². The topological polar surface area (TPSA) is 62.1 Å². The minimum absolute atomic E-state index is 0.0215. The third-order valence-electron chi connectivity index (χ3n) is 4.07. The molecule has 0 aliphatic heterocycles. The van der Waals surface area contributed by atoms with Crippen LogP contribution in [0.15, 0.2) is 54.6 Å². The van der Waals surface area contributed by atoms with Crippen LogP contribution in [0.5, 0.6) is 0 Å². The summed E-state index contributed by atoms with van der Waals surface area (Å²) in [6.45, 7) is 10.5. The van der Waals surface area contributed by atoms with Crippen molar-refractivity contribution in [3.8, 4) is 0 Å². The number of nitrogens with two attached hydrogens (primary N) is 1. The van der Waals surface area contributed by atoms with Gasteiger partial charge in [0.05, 0.1) is 0 Å². The Labute approximate surface area is 158 Å². The van der Waals surface area contributed by atoms with Gasteiger partial charge in [0.25, 0.3) is 0 Å². The maximum absolute atomic E-state index is 5.47. The maximum Gasteiger partial charge on any atom is 0.103 e. The summed E-state index contributed by atoms with van der Waals surface area (Å²) in [5.41, 5.74) is 8.04. The van der Waals surface area contributed by atoms with E-state index in [1.165, 1.54) is 11.1 Å². The van der Waals surface area contributed by atoms with Gasteiger partial charge in [-0.25, -0.2) is 0 Å². The molecule has 0 heterocycles. The molecule has 0 bridgehead atoms. The molecule has 0 fully saturated rings. The summed E-state index contributed by atoms with van der Waals surface area (Å²) in [5, 5.41) is 10.3. The van der Waals surface area contributed by atoms with Gasteiger partial charge in [-0.1, -0.05) is 54.6 Å². The molecule has 0 spiro atoms. The predicted octanol–water partition coefficient (Wildman–Crippen LogP) is 2.62. The highest BCUT2D eigenvalue weighted by Gasteiger charge is 2.14. The van der Waals surface area contributed by atoms with Crippen molar-refractivity contribution in [2.24, 2.45) is 5.73 Å². The molecule has 2 atom stereocenters. The highest BCUT2D eigenvalue weighted by molar-refractivity contribution is 7.80. The number of thiol groups is 1. The van der Waals surface area contributed by atoms with Gasteiger partial charge in [-0.15, -0.1) is 12.6 Å². The van der Waals surface area contributed by atoms with Gasteiger partial charge in [0, 0.05) is 12.5 Å². The molecule has 1 aromatic rings. The number of hydrogen-bond donors (Lipinski definition) is 5. The SMILES string of the molecule is C=C/C=C(\C)C(CNC(S)NCCCNCCCN)c1ccccc1. The zero-order valence-corrected chi connectivity index (χ0v) is 16.3. The first-order valence-electron chi connectivity index (χ1n) is 9.08. The molecular formula is C20H34N4S. The van der Waals surface area contributed by atoms with Crippen LogP contribution in [0.2, 0.25) is 0 Å². The summed E-state index contributed by atoms with van der Waals surface area (Å²) in [6.07, 6.45) is 6.02. The van der Waals surface area contributed by atoms with Crippen LogP contribution in [-0.2, 0) is 0 Å². The number of benzene rings is 1. The minimum Gasteiger partial charge on any atom is -0.330 e. The van der Waals surface area contributed by atoms with Crippen LogP contribution in [0.3, 0.4) is 0 Å². The highest BCUT2D eigenvalue weighted by atomic mass is 32.1. The van der Waals surface area contributed by atoms with Crippen molar-refractivity contribution in [3.63, 3.8) is 0 Å². The number of nitrogens with one attached hydrogen (secondary N) is 3. The fourth-order valence-corrected chi connectivity index (χ4v) is 2.87. The molecule has 4 nitrogen and oxygen atoms in total. The van der Waals surface area contributed by atoms with E-state index in [9.17, 15) is 0 Å². The van der Waals surface area contributed by atoms with Gasteiger partial charge in [-0.2, -0.15) is 0 Å². The molecule has 140 valence electrons. The van der Waals surface area contributed by atoms with Crippen LogP contribution in [0.1, 0.15) is 31.2 Å². The highest BCUT2D eigenvalue weighted by Crippen LogP contribution is 2.23. The first kappa shape index (κ1) is 21.9. The average Bonchev–Trinajstić information content (AvgIpc) is 2.62. The summed E-state index contributed by atoms with van der Waals surface area (Å²) in [6, 6.07) is 10.5. The first-order chi connectivity index (χ1) is 12.2. The van der Waals surface area contributed by atoms with E-state index in [1.807, 2.05) is 12.1 Å². The summed E-state index contributed by atoms with van der Waals surface area (Å²) in [5.74, 6) is 0.313. The Morgan fingerprint density at radius 3 is 2.56 bits per heavy atom. The Kier molecular flexibility index (Phi) is 12.4. The third kappa shape index (κ3) is 9.82. The largest absolute Gasteiger partial charge is 0.330 e. The van der Waals surface area contributed by atoms with Crippen molar-refractivity contribution in [1.82, 2.24) is 16.0 Å². The maximum atomic E-state index is 5.47. The van der Waals surface area contributed by atoms with Crippen molar-refractivity contribution in [3.05, 3.63) is 60.2 Å². The van der Waals surface area contributed by atoms with Gasteiger partial charge in [0.15, 0.2) is 0 Å². The Balaban J connectivity index is 2.36. The molecule has 5 heteroatoms. The van der Waals surface area contributed by atoms with Crippen molar-refractivity contribution in [1.29, 1.82) is 0 Å². The summed E-state index contributed by atoms with van der Waals surface area (Å²) >= 11 is 4.60. The smallest absolute Gasteiger partial charge is 0.103 e. The lowest BCUT2D eigenvalue weighted by atomic mass is 9.91. The van der Waals surface area contributed by atoms with E-state index >= 15 is 0 Å². The van der Waals surface area contributed by atoms with Gasteiger partial charge < -0.3 is 11.1 Å². The van der Waals surface area contributed by atoms with Crippen LogP contribution < -0.4 is 21.7 Å². The third-order valence-corrected chi connectivity index (χ3v) is 4.44. The molecule has 1 aromatic carbocycles. The van der Waals surface area contributed by atoms with Crippen LogP contribution >= 0.6 is 12.6 Å². The van der Waals surface area contributed by atoms with E-state index in [1.54, 1.807) is 0 Å². The standard InChI is InChI=1S/C20H34N4S/c1-3-9-17(2)19(18-10-5-4-6-11-18)16-24-20(25)23-15-8-14-22-13-7-12-21/h3-6,9-11,19-20,22-25H,1,7-8,12-16,21H2,2H3/b17-9+. The van der Waals surface area contributed by atoms with Crippen LogP contribution in [0, 0.1) is 0 Å². The lowest BCUT2D eigenvalue weighted by Gasteiger charge is -2.22. The molecule has 2 unspecified atom stereocenters. The molecule has 0 saturated carbocycles. The zero-order chi connectivity index (χ0) is 18.3. The molecule has 0 aliphatic rings. The summed E-state index contributed by atoms with van der Waals surface area (Å²) < 4.78 is 0. The van der Waals surface area contributed by atoms with Crippen molar-refractivity contribution >= 4 is 12.6 Å². The molecule has 0 radical (unpaired) electrons. The van der Waals surface area contributed by atoms with Gasteiger partial charge in [-0.3, -0.25) is 10.6 Å². The lowest BCUT2D eigenvalue weighted by Crippen LogP contribution is -2.41. The summed E-state index contributed by atoms with van der Waals surface area (Å²) in [7, 11) is 0. The Hall–Kier alpha value is -1.11. The van der Waals surface area contributed by atoms with Crippen LogP contribution in [-0.4, -0.2) is 38.2 Å². The summed E-state index contributed by atoms with van der Waals surface area (Å²) in [4.78, 5) is 0. The quantitative estimate of drug-likeness (QED) is 0.153. The number of hydrogen-bond acceptors (Lipinski definition) is 5. The van der Waals surface area contributed by atoms with Gasteiger partial charge in [0.1, 0.15) is 5.50 Å². The van der Waals surface area contributed by atoms with Crippen LogP contribution in [0.4, 0.5) is 0 Å². The van der Waals surface area contributed by atoms with Crippen molar-refractivity contribution in [2.45, 2.75) is 31.2 Å². The van der Waals surface area contributed by atoms with E-state index in [0.29, 0.717) is 5.92 Å². The molecule has 5 N–H and O–H groups in total. The Morgan fingerprint density at radius 2 is 1.88 bits per heavy atom. The molecule has 0 aromatic heterocycles. The van der Waals surface area contributed by atoms with Crippen molar-refractivity contribution in [2.75, 3.05) is 32.7 Å². The van der Waals surface area contributed by atoms with E-state index < -0.39 is 0 Å². The van der Waals surface area contributed by atoms with Crippen LogP contribution in [0.25, 0.3) is 0 Å². The van der Waals surface area contributed by atoms with Gasteiger partial charge in [-0.05, 0) is 51.5 Å². The number of rotatable bonds is 14. The molecule has 25 heavy (non-hydrogen) atoms. The molecule has 0 amide bonds. The van der Waals surface area contributed by atoms with Gasteiger partial charge >= 0.3 is 0 Å². The Bertz CT molecular complexity index is 490. The molecule has 1 rings (SSSR count). The molecule has 0 saturated heterocycles. The fraction of sp³-hybridized carbons (Fsp3) is 0.500. The first-order valence-corrected chi connectivity index (χ1v) is 9.60. The molecule has 0 aliphatic carbocycles. The van der Waals surface area contributed by atoms with E-state index in [0.717, 1.165) is 45.6 Å². The second-order valence-corrected chi connectivity index (χ2v) is 6.64. The molecular weight excluding hydrogens is 328 g/mol. The minimum atomic E-state index is -0.0215. The lowest BCUT2D eigenvalue weighted by molar-refractivity contribution is 0.510. The number of allylic oxidation sites excluding steroid dienone is 2. The van der Waals surface area contributed by atoms with E-state index in [4.69, 9.17) is 5.73 Å². The van der Waals surface area contributed by atoms with Gasteiger partial charge in [0.2, 0.25) is 0 Å².